The number of carbonyl (C=O) groups is 2. The molecular formula is C18H25N3O3S. The molecule has 6 nitrogen and oxygen atoms in total. The molecule has 1 aromatic rings. The average molecular weight is 363 g/mol. The molecule has 2 heterocycles. The van der Waals surface area contributed by atoms with Crippen LogP contribution in [0.25, 0.3) is 0 Å². The van der Waals surface area contributed by atoms with Crippen LogP contribution in [0.5, 0.6) is 0 Å². The van der Waals surface area contributed by atoms with Crippen LogP contribution in [-0.4, -0.2) is 78.7 Å². The van der Waals surface area contributed by atoms with Crippen LogP contribution in [0.15, 0.2) is 30.3 Å². The Morgan fingerprint density at radius 1 is 1.20 bits per heavy atom. The van der Waals surface area contributed by atoms with Crippen LogP contribution in [0.1, 0.15) is 16.8 Å². The van der Waals surface area contributed by atoms with Gasteiger partial charge in [0.1, 0.15) is 6.04 Å². The first-order valence-corrected chi connectivity index (χ1v) is 9.93. The van der Waals surface area contributed by atoms with Crippen molar-refractivity contribution in [2.24, 2.45) is 0 Å². The number of ether oxygens (including phenoxy) is 1. The lowest BCUT2D eigenvalue weighted by molar-refractivity contribution is -0.124. The fourth-order valence-corrected chi connectivity index (χ4v) is 4.22. The van der Waals surface area contributed by atoms with Crippen molar-refractivity contribution < 1.29 is 14.3 Å². The third kappa shape index (κ3) is 4.96. The van der Waals surface area contributed by atoms with E-state index in [9.17, 15) is 9.59 Å². The molecule has 136 valence electrons. The minimum Gasteiger partial charge on any atom is -0.379 e. The van der Waals surface area contributed by atoms with Gasteiger partial charge in [0, 0.05) is 31.0 Å². The first-order chi connectivity index (χ1) is 12.3. The van der Waals surface area contributed by atoms with E-state index in [-0.39, 0.29) is 17.9 Å². The summed E-state index contributed by atoms with van der Waals surface area (Å²) in [6, 6.07) is 8.79. The molecule has 0 saturated carbocycles. The molecule has 25 heavy (non-hydrogen) atoms. The van der Waals surface area contributed by atoms with Gasteiger partial charge in [-0.2, -0.15) is 0 Å². The number of morpholine rings is 1. The van der Waals surface area contributed by atoms with E-state index in [2.05, 4.69) is 10.2 Å². The van der Waals surface area contributed by atoms with E-state index in [0.29, 0.717) is 23.7 Å². The zero-order chi connectivity index (χ0) is 17.5. The fraction of sp³-hybridized carbons (Fsp3) is 0.556. The first-order valence-electron chi connectivity index (χ1n) is 8.77. The van der Waals surface area contributed by atoms with Crippen molar-refractivity contribution in [3.8, 4) is 0 Å². The summed E-state index contributed by atoms with van der Waals surface area (Å²) in [7, 11) is 0. The number of hydrogen-bond donors (Lipinski definition) is 1. The molecule has 2 fully saturated rings. The number of carbonyl (C=O) groups excluding carboxylic acids is 2. The molecule has 0 aromatic heterocycles. The highest BCUT2D eigenvalue weighted by Crippen LogP contribution is 2.23. The van der Waals surface area contributed by atoms with Crippen LogP contribution >= 0.6 is 11.8 Å². The van der Waals surface area contributed by atoms with E-state index in [1.165, 1.54) is 0 Å². The molecule has 0 bridgehead atoms. The topological polar surface area (TPSA) is 61.9 Å². The second-order valence-electron chi connectivity index (χ2n) is 6.26. The lowest BCUT2D eigenvalue weighted by Gasteiger charge is -2.27. The number of benzene rings is 1. The zero-order valence-corrected chi connectivity index (χ0v) is 15.2. The maximum Gasteiger partial charge on any atom is 0.255 e. The monoisotopic (exact) mass is 363 g/mol. The Balaban J connectivity index is 1.45. The Morgan fingerprint density at radius 3 is 2.72 bits per heavy atom. The Labute approximate surface area is 152 Å². The van der Waals surface area contributed by atoms with Crippen molar-refractivity contribution in [3.63, 3.8) is 0 Å². The second-order valence-corrected chi connectivity index (χ2v) is 7.26. The highest BCUT2D eigenvalue weighted by atomic mass is 32.2. The van der Waals surface area contributed by atoms with Gasteiger partial charge in [-0.05, 0) is 25.1 Å². The molecule has 0 unspecified atom stereocenters. The Hall–Kier alpha value is -1.57. The number of nitrogens with zero attached hydrogens (tertiary/aromatic N) is 2. The van der Waals surface area contributed by atoms with Gasteiger partial charge in [0.05, 0.1) is 19.1 Å². The summed E-state index contributed by atoms with van der Waals surface area (Å²) in [4.78, 5) is 29.1. The Bertz CT molecular complexity index is 578. The lowest BCUT2D eigenvalue weighted by atomic mass is 10.1. The van der Waals surface area contributed by atoms with Gasteiger partial charge in [0.15, 0.2) is 0 Å². The third-order valence-electron chi connectivity index (χ3n) is 4.52. The van der Waals surface area contributed by atoms with E-state index in [1.54, 1.807) is 28.8 Å². The molecule has 2 aliphatic rings. The van der Waals surface area contributed by atoms with Gasteiger partial charge in [-0.1, -0.05) is 18.2 Å². The Kier molecular flexibility index (Phi) is 6.72. The predicted octanol–water partition coefficient (Wildman–Crippen LogP) is 1.04. The van der Waals surface area contributed by atoms with Gasteiger partial charge in [-0.25, -0.2) is 0 Å². The predicted molar refractivity (Wildman–Crippen MR) is 98.6 cm³/mol. The summed E-state index contributed by atoms with van der Waals surface area (Å²) in [6.07, 6.45) is 0.915. The quantitative estimate of drug-likeness (QED) is 0.766. The fourth-order valence-electron chi connectivity index (χ4n) is 3.06. The molecule has 0 spiro atoms. The van der Waals surface area contributed by atoms with Crippen molar-refractivity contribution in [3.05, 3.63) is 35.9 Å². The van der Waals surface area contributed by atoms with Gasteiger partial charge in [-0.15, -0.1) is 11.8 Å². The molecule has 1 atom stereocenters. The molecular weight excluding hydrogens is 338 g/mol. The average Bonchev–Trinajstić information content (AvgIpc) is 3.16. The van der Waals surface area contributed by atoms with Crippen LogP contribution in [-0.2, 0) is 9.53 Å². The van der Waals surface area contributed by atoms with Crippen molar-refractivity contribution in [1.29, 1.82) is 0 Å². The summed E-state index contributed by atoms with van der Waals surface area (Å²) in [5.74, 6) is 1.11. The summed E-state index contributed by atoms with van der Waals surface area (Å²) < 4.78 is 5.33. The molecule has 7 heteroatoms. The molecule has 3 rings (SSSR count). The molecule has 2 saturated heterocycles. The SMILES string of the molecule is O=C(NCCCN1CCOCC1)[C@H]1CSCN1C(=O)c1ccccc1. The van der Waals surface area contributed by atoms with Crippen molar-refractivity contribution in [1.82, 2.24) is 15.1 Å². The lowest BCUT2D eigenvalue weighted by Crippen LogP contribution is -2.47. The summed E-state index contributed by atoms with van der Waals surface area (Å²) in [6.45, 7) is 5.13. The molecule has 2 aliphatic heterocycles. The maximum absolute atomic E-state index is 12.6. The van der Waals surface area contributed by atoms with Gasteiger partial charge in [0.25, 0.3) is 5.91 Å². The molecule has 0 aliphatic carbocycles. The highest BCUT2D eigenvalue weighted by Gasteiger charge is 2.34. The van der Waals surface area contributed by atoms with E-state index in [1.807, 2.05) is 18.2 Å². The molecule has 2 amide bonds. The van der Waals surface area contributed by atoms with Crippen LogP contribution in [0.3, 0.4) is 0 Å². The normalized spacial score (nSPS) is 21.3. The highest BCUT2D eigenvalue weighted by molar-refractivity contribution is 7.99. The van der Waals surface area contributed by atoms with Crippen LogP contribution < -0.4 is 5.32 Å². The second kappa shape index (κ2) is 9.22. The molecule has 1 aromatic carbocycles. The standard InChI is InChI=1S/C18H25N3O3S/c22-17(19-7-4-8-20-9-11-24-12-10-20)16-13-25-14-21(16)18(23)15-5-2-1-3-6-15/h1-3,5-6,16H,4,7-14H2,(H,19,22)/t16-/m1/s1. The van der Waals surface area contributed by atoms with Crippen LogP contribution in [0.2, 0.25) is 0 Å². The summed E-state index contributed by atoms with van der Waals surface area (Å²) >= 11 is 1.63. The van der Waals surface area contributed by atoms with Gasteiger partial charge in [0.2, 0.25) is 5.91 Å². The van der Waals surface area contributed by atoms with Crippen LogP contribution in [0.4, 0.5) is 0 Å². The molecule has 0 radical (unpaired) electrons. The van der Waals surface area contributed by atoms with E-state index in [4.69, 9.17) is 4.74 Å². The van der Waals surface area contributed by atoms with Crippen molar-refractivity contribution >= 4 is 23.6 Å². The summed E-state index contributed by atoms with van der Waals surface area (Å²) in [5, 5.41) is 3.00. The zero-order valence-electron chi connectivity index (χ0n) is 14.4. The van der Waals surface area contributed by atoms with E-state index in [0.717, 1.165) is 39.3 Å². The van der Waals surface area contributed by atoms with Crippen LogP contribution in [0, 0.1) is 0 Å². The number of amides is 2. The third-order valence-corrected chi connectivity index (χ3v) is 5.53. The van der Waals surface area contributed by atoms with E-state index < -0.39 is 0 Å². The van der Waals surface area contributed by atoms with E-state index >= 15 is 0 Å². The Morgan fingerprint density at radius 2 is 1.96 bits per heavy atom. The molecule has 1 N–H and O–H groups in total. The summed E-state index contributed by atoms with van der Waals surface area (Å²) in [5.41, 5.74) is 0.634. The number of thioether (sulfide) groups is 1. The minimum atomic E-state index is -0.374. The number of hydrogen-bond acceptors (Lipinski definition) is 5. The van der Waals surface area contributed by atoms with Gasteiger partial charge in [-0.3, -0.25) is 14.5 Å². The smallest absolute Gasteiger partial charge is 0.255 e. The number of rotatable bonds is 6. The largest absolute Gasteiger partial charge is 0.379 e. The van der Waals surface area contributed by atoms with Crippen molar-refractivity contribution in [2.45, 2.75) is 12.5 Å². The van der Waals surface area contributed by atoms with Crippen molar-refractivity contribution in [2.75, 3.05) is 51.0 Å². The van der Waals surface area contributed by atoms with Gasteiger partial charge < -0.3 is 15.0 Å². The number of nitrogens with one attached hydrogen (secondary N) is 1. The van der Waals surface area contributed by atoms with Gasteiger partial charge >= 0.3 is 0 Å². The first kappa shape index (κ1) is 18.2. The maximum atomic E-state index is 12.6. The minimum absolute atomic E-state index is 0.0451.